The first-order valence-electron chi connectivity index (χ1n) is 10.3. The summed E-state index contributed by atoms with van der Waals surface area (Å²) in [7, 11) is -1.26. The fraction of sp³-hybridized carbons (Fsp3) is 0.545. The van der Waals surface area contributed by atoms with Gasteiger partial charge in [-0.05, 0) is 35.7 Å². The Labute approximate surface area is 178 Å². The maximum Gasteiger partial charge on any atom is 0.269 e. The Balaban J connectivity index is 1.71. The lowest BCUT2D eigenvalue weighted by molar-refractivity contribution is 0.0906. The number of carbonyl (C=O) groups is 1. The van der Waals surface area contributed by atoms with E-state index in [0.717, 1.165) is 12.8 Å². The molecule has 2 aromatic rings. The van der Waals surface area contributed by atoms with Gasteiger partial charge in [0.05, 0.1) is 24.8 Å². The van der Waals surface area contributed by atoms with E-state index in [1.165, 1.54) is 18.5 Å². The Morgan fingerprint density at radius 3 is 2.66 bits per heavy atom. The van der Waals surface area contributed by atoms with Crippen LogP contribution in [0.3, 0.4) is 0 Å². The highest BCUT2D eigenvalue weighted by atomic mass is 35.5. The first-order chi connectivity index (χ1) is 13.5. The van der Waals surface area contributed by atoms with Crippen molar-refractivity contribution in [1.29, 1.82) is 0 Å². The van der Waals surface area contributed by atoms with Crippen LogP contribution in [0.4, 0.5) is 4.39 Å². The van der Waals surface area contributed by atoms with Gasteiger partial charge in [0.15, 0.2) is 0 Å². The number of nitrogens with zero attached hydrogens (tertiary/aromatic N) is 2. The van der Waals surface area contributed by atoms with Gasteiger partial charge in [-0.1, -0.05) is 64.4 Å². The highest BCUT2D eigenvalue weighted by molar-refractivity contribution is 6.80. The van der Waals surface area contributed by atoms with Gasteiger partial charge < -0.3 is 5.32 Å². The third-order valence-electron chi connectivity index (χ3n) is 6.65. The molecule has 0 spiro atoms. The van der Waals surface area contributed by atoms with E-state index in [1.807, 2.05) is 4.68 Å². The molecule has 0 aliphatic carbocycles. The number of aromatic nitrogens is 2. The Bertz CT molecular complexity index is 904. The van der Waals surface area contributed by atoms with Crippen LogP contribution in [0.1, 0.15) is 56.6 Å². The van der Waals surface area contributed by atoms with Crippen LogP contribution in [0, 0.1) is 5.82 Å². The maximum atomic E-state index is 13.5. The Kier molecular flexibility index (Phi) is 6.25. The van der Waals surface area contributed by atoms with E-state index < -0.39 is 13.9 Å². The molecule has 1 aliphatic rings. The van der Waals surface area contributed by atoms with E-state index in [-0.39, 0.29) is 17.0 Å². The molecule has 4 nitrogen and oxygen atoms in total. The summed E-state index contributed by atoms with van der Waals surface area (Å²) in [4.78, 5) is 12.3. The topological polar surface area (TPSA) is 46.9 Å². The summed E-state index contributed by atoms with van der Waals surface area (Å²) >= 11 is 5.92. The summed E-state index contributed by atoms with van der Waals surface area (Å²) in [5, 5.41) is 8.12. The Morgan fingerprint density at radius 2 is 2.00 bits per heavy atom. The van der Waals surface area contributed by atoms with Crippen molar-refractivity contribution in [2.75, 3.05) is 6.54 Å². The van der Waals surface area contributed by atoms with E-state index in [2.05, 4.69) is 44.3 Å². The molecule has 1 aliphatic heterocycles. The minimum absolute atomic E-state index is 0.0557. The molecule has 1 unspecified atom stereocenters. The van der Waals surface area contributed by atoms with Gasteiger partial charge in [-0.15, -0.1) is 0 Å². The van der Waals surface area contributed by atoms with Crippen LogP contribution in [0.2, 0.25) is 29.2 Å². The summed E-state index contributed by atoms with van der Waals surface area (Å²) in [6, 6.07) is 7.74. The van der Waals surface area contributed by atoms with Gasteiger partial charge in [-0.2, -0.15) is 5.10 Å². The molecule has 0 fully saturated rings. The third-order valence-corrected chi connectivity index (χ3v) is 12.6. The Morgan fingerprint density at radius 1 is 1.28 bits per heavy atom. The predicted octanol–water partition coefficient (Wildman–Crippen LogP) is 6.31. The van der Waals surface area contributed by atoms with Crippen molar-refractivity contribution in [3.8, 4) is 11.3 Å². The minimum atomic E-state index is -1.26. The number of nitrogens with one attached hydrogen (secondary N) is 1. The molecule has 0 saturated carbocycles. The first kappa shape index (κ1) is 22.0. The molecule has 1 N–H and O–H groups in total. The minimum Gasteiger partial charge on any atom is -0.349 e. The van der Waals surface area contributed by atoms with E-state index in [1.54, 1.807) is 18.2 Å². The van der Waals surface area contributed by atoms with Crippen molar-refractivity contribution in [1.82, 2.24) is 15.1 Å². The lowest BCUT2D eigenvalue weighted by Crippen LogP contribution is -2.39. The van der Waals surface area contributed by atoms with Crippen molar-refractivity contribution < 1.29 is 9.18 Å². The molecular formula is C22H31ClFN3OSi. The average molecular weight is 436 g/mol. The zero-order valence-electron chi connectivity index (χ0n) is 18.0. The molecule has 1 aromatic carbocycles. The lowest BCUT2D eigenvalue weighted by Gasteiger charge is -2.37. The number of halogens is 2. The molecule has 7 heteroatoms. The molecule has 3 rings (SSSR count). The highest BCUT2D eigenvalue weighted by Gasteiger charge is 2.34. The van der Waals surface area contributed by atoms with Gasteiger partial charge in [0, 0.05) is 12.1 Å². The van der Waals surface area contributed by atoms with Gasteiger partial charge in [0.2, 0.25) is 0 Å². The van der Waals surface area contributed by atoms with E-state index >= 15 is 0 Å². The number of amides is 1. The van der Waals surface area contributed by atoms with Crippen LogP contribution >= 0.6 is 11.6 Å². The SMILES string of the molecule is CC(C)(C)[Si](C)(C)CCCCC1CNC(=O)c2cc(-c3ccc(F)c(Cl)c3)nn21. The van der Waals surface area contributed by atoms with Crippen LogP contribution in [0.15, 0.2) is 24.3 Å². The van der Waals surface area contributed by atoms with Crippen molar-refractivity contribution in [3.63, 3.8) is 0 Å². The quantitative estimate of drug-likeness (QED) is 0.427. The van der Waals surface area contributed by atoms with Crippen molar-refractivity contribution >= 4 is 25.6 Å². The number of rotatable bonds is 6. The summed E-state index contributed by atoms with van der Waals surface area (Å²) in [5.74, 6) is -0.578. The lowest BCUT2D eigenvalue weighted by atomic mass is 10.1. The van der Waals surface area contributed by atoms with Gasteiger partial charge in [-0.25, -0.2) is 4.39 Å². The van der Waals surface area contributed by atoms with Crippen LogP contribution in [0.5, 0.6) is 0 Å². The molecule has 0 radical (unpaired) electrons. The molecule has 158 valence electrons. The summed E-state index contributed by atoms with van der Waals surface area (Å²) in [6.07, 6.45) is 3.30. The summed E-state index contributed by atoms with van der Waals surface area (Å²) in [6.45, 7) is 12.6. The monoisotopic (exact) mass is 435 g/mol. The molecular weight excluding hydrogens is 405 g/mol. The summed E-state index contributed by atoms with van der Waals surface area (Å²) in [5.41, 5.74) is 1.91. The number of carbonyl (C=O) groups excluding carboxylic acids is 1. The fourth-order valence-electron chi connectivity index (χ4n) is 3.57. The predicted molar refractivity (Wildman–Crippen MR) is 120 cm³/mol. The van der Waals surface area contributed by atoms with Gasteiger partial charge in [-0.3, -0.25) is 9.48 Å². The fourth-order valence-corrected chi connectivity index (χ4v) is 5.64. The average Bonchev–Trinajstić information content (AvgIpc) is 3.08. The second-order valence-electron chi connectivity index (χ2n) is 9.73. The first-order valence-corrected chi connectivity index (χ1v) is 13.9. The molecule has 1 aromatic heterocycles. The standard InChI is InChI=1S/C22H31ClFN3OSi/c1-22(2,3)29(4,5)11-7-6-8-16-14-25-21(28)20-13-19(26-27(16)20)15-9-10-18(24)17(23)12-15/h9-10,12-13,16H,6-8,11,14H2,1-5H3,(H,25,28). The number of hydrogen-bond donors (Lipinski definition) is 1. The highest BCUT2D eigenvalue weighted by Crippen LogP contribution is 2.40. The van der Waals surface area contributed by atoms with Gasteiger partial charge in [0.1, 0.15) is 11.5 Å². The molecule has 0 saturated heterocycles. The maximum absolute atomic E-state index is 13.5. The second-order valence-corrected chi connectivity index (χ2v) is 15.9. The number of benzene rings is 1. The third kappa shape index (κ3) is 4.74. The number of fused-ring (bicyclic) bond motifs is 1. The van der Waals surface area contributed by atoms with Crippen molar-refractivity contribution in [2.45, 2.75) is 70.3 Å². The van der Waals surface area contributed by atoms with Gasteiger partial charge >= 0.3 is 0 Å². The molecule has 1 amide bonds. The largest absolute Gasteiger partial charge is 0.349 e. The zero-order valence-corrected chi connectivity index (χ0v) is 19.7. The number of unbranched alkanes of at least 4 members (excludes halogenated alkanes) is 1. The van der Waals surface area contributed by atoms with E-state index in [4.69, 9.17) is 11.6 Å². The molecule has 29 heavy (non-hydrogen) atoms. The second kappa shape index (κ2) is 8.23. The van der Waals surface area contributed by atoms with Gasteiger partial charge in [0.25, 0.3) is 5.91 Å². The van der Waals surface area contributed by atoms with Crippen molar-refractivity contribution in [2.24, 2.45) is 0 Å². The normalized spacial score (nSPS) is 17.2. The zero-order chi connectivity index (χ0) is 21.4. The smallest absolute Gasteiger partial charge is 0.269 e. The summed E-state index contributed by atoms with van der Waals surface area (Å²) < 4.78 is 15.3. The van der Waals surface area contributed by atoms with Crippen molar-refractivity contribution in [3.05, 3.63) is 40.8 Å². The molecule has 0 bridgehead atoms. The Hall–Kier alpha value is -1.66. The molecule has 2 heterocycles. The van der Waals surface area contributed by atoms with Crippen LogP contribution in [-0.2, 0) is 0 Å². The van der Waals surface area contributed by atoms with Crippen LogP contribution in [0.25, 0.3) is 11.3 Å². The van der Waals surface area contributed by atoms with Crippen LogP contribution < -0.4 is 5.32 Å². The van der Waals surface area contributed by atoms with E-state index in [9.17, 15) is 9.18 Å². The molecule has 1 atom stereocenters. The van der Waals surface area contributed by atoms with E-state index in [0.29, 0.717) is 28.5 Å². The number of hydrogen-bond acceptors (Lipinski definition) is 2. The van der Waals surface area contributed by atoms with Crippen LogP contribution in [-0.4, -0.2) is 30.3 Å².